The number of hydrogen-bond acceptors (Lipinski definition) is 11. The van der Waals surface area contributed by atoms with Crippen LogP contribution in [0, 0.1) is 0 Å². The van der Waals surface area contributed by atoms with Gasteiger partial charge in [0.1, 0.15) is 18.5 Å². The van der Waals surface area contributed by atoms with E-state index in [1.165, 1.54) is 25.8 Å². The summed E-state index contributed by atoms with van der Waals surface area (Å²) in [5, 5.41) is 12.5. The van der Waals surface area contributed by atoms with E-state index in [1.807, 2.05) is 24.3 Å². The molecule has 238 valence electrons. The first-order valence-corrected chi connectivity index (χ1v) is 14.8. The van der Waals surface area contributed by atoms with Gasteiger partial charge in [-0.2, -0.15) is 0 Å². The Morgan fingerprint density at radius 2 is 1.48 bits per heavy atom. The van der Waals surface area contributed by atoms with Gasteiger partial charge < -0.3 is 33.5 Å². The van der Waals surface area contributed by atoms with E-state index in [9.17, 15) is 24.3 Å². The third kappa shape index (κ3) is 8.28. The SMILES string of the molecule is CC(=O)OC[C@H]1O[C@](O)(c2ccc(Cl)c(Cc3ccc(OC4CCCC4)cc3)c2)[C@H](OC(C)=O)[C@@H](OC(C)=O)[C@@H]1OC(C)=O. The lowest BCUT2D eigenvalue weighted by molar-refractivity contribution is -0.360. The number of rotatable bonds is 10. The molecule has 2 aromatic rings. The molecular weight excluding hydrogens is 596 g/mol. The molecule has 4 rings (SSSR count). The van der Waals surface area contributed by atoms with Gasteiger partial charge in [0, 0.05) is 38.3 Å². The predicted octanol–water partition coefficient (Wildman–Crippen LogP) is 4.15. The largest absolute Gasteiger partial charge is 0.490 e. The number of halogens is 1. The summed E-state index contributed by atoms with van der Waals surface area (Å²) >= 11 is 6.57. The van der Waals surface area contributed by atoms with E-state index < -0.39 is 60.7 Å². The summed E-state index contributed by atoms with van der Waals surface area (Å²) in [7, 11) is 0. The molecule has 44 heavy (non-hydrogen) atoms. The Balaban J connectivity index is 1.70. The van der Waals surface area contributed by atoms with Gasteiger partial charge in [-0.1, -0.05) is 29.8 Å². The highest BCUT2D eigenvalue weighted by atomic mass is 35.5. The maximum absolute atomic E-state index is 12.2. The van der Waals surface area contributed by atoms with E-state index in [0.717, 1.165) is 44.9 Å². The van der Waals surface area contributed by atoms with Crippen LogP contribution in [0.2, 0.25) is 5.02 Å². The molecule has 0 spiro atoms. The molecule has 2 fully saturated rings. The molecule has 1 aliphatic heterocycles. The van der Waals surface area contributed by atoms with Crippen LogP contribution in [-0.2, 0) is 55.1 Å². The van der Waals surface area contributed by atoms with Crippen molar-refractivity contribution in [2.75, 3.05) is 6.61 Å². The van der Waals surface area contributed by atoms with Crippen LogP contribution >= 0.6 is 11.6 Å². The number of benzene rings is 2. The van der Waals surface area contributed by atoms with E-state index >= 15 is 0 Å². The Morgan fingerprint density at radius 1 is 0.864 bits per heavy atom. The standard InChI is InChI=1S/C32H37ClO11/c1-18(34)39-17-28-29(40-19(2)35)30(41-20(3)36)31(42-21(4)37)32(38,44-28)24-11-14-27(33)23(16-24)15-22-9-12-26(13-10-22)43-25-7-5-6-8-25/h9-14,16,25,28-31,38H,5-8,15,17H2,1-4H3/t28-,29-,30+,31-,32-/m1/s1. The molecule has 12 heteroatoms. The number of ether oxygens (including phenoxy) is 6. The fourth-order valence-electron chi connectivity index (χ4n) is 5.55. The quantitative estimate of drug-likeness (QED) is 0.298. The van der Waals surface area contributed by atoms with Gasteiger partial charge in [0.15, 0.2) is 12.2 Å². The smallest absolute Gasteiger partial charge is 0.303 e. The van der Waals surface area contributed by atoms with Crippen molar-refractivity contribution in [2.24, 2.45) is 0 Å². The van der Waals surface area contributed by atoms with Crippen LogP contribution in [-0.4, -0.2) is 66.1 Å². The van der Waals surface area contributed by atoms with Gasteiger partial charge in [-0.15, -0.1) is 0 Å². The second kappa shape index (κ2) is 14.4. The van der Waals surface area contributed by atoms with Crippen LogP contribution in [0.25, 0.3) is 0 Å². The first-order chi connectivity index (χ1) is 20.9. The van der Waals surface area contributed by atoms with Crippen molar-refractivity contribution in [1.29, 1.82) is 0 Å². The molecule has 11 nitrogen and oxygen atoms in total. The molecule has 2 aromatic carbocycles. The molecular formula is C32H37ClO11. The zero-order valence-electron chi connectivity index (χ0n) is 25.1. The summed E-state index contributed by atoms with van der Waals surface area (Å²) in [4.78, 5) is 48.1. The first kappa shape index (κ1) is 33.2. The Bertz CT molecular complexity index is 1350. The second-order valence-electron chi connectivity index (χ2n) is 11.0. The maximum atomic E-state index is 12.2. The molecule has 0 bridgehead atoms. The topological polar surface area (TPSA) is 144 Å². The average Bonchev–Trinajstić information content (AvgIpc) is 3.46. The Hall–Kier alpha value is -3.67. The lowest BCUT2D eigenvalue weighted by Crippen LogP contribution is -2.66. The van der Waals surface area contributed by atoms with Gasteiger partial charge in [-0.3, -0.25) is 19.2 Å². The van der Waals surface area contributed by atoms with Crippen molar-refractivity contribution < 1.29 is 52.7 Å². The van der Waals surface area contributed by atoms with Crippen molar-refractivity contribution in [1.82, 2.24) is 0 Å². The number of esters is 4. The molecule has 0 aromatic heterocycles. The zero-order valence-corrected chi connectivity index (χ0v) is 25.8. The van der Waals surface area contributed by atoms with E-state index in [0.29, 0.717) is 17.0 Å². The van der Waals surface area contributed by atoms with Crippen molar-refractivity contribution in [3.8, 4) is 5.75 Å². The third-order valence-electron chi connectivity index (χ3n) is 7.44. The molecule has 1 aliphatic carbocycles. The van der Waals surface area contributed by atoms with Gasteiger partial charge in [0.05, 0.1) is 6.10 Å². The number of aliphatic hydroxyl groups is 1. The molecule has 2 aliphatic rings. The van der Waals surface area contributed by atoms with E-state index in [-0.39, 0.29) is 11.7 Å². The molecule has 1 heterocycles. The van der Waals surface area contributed by atoms with Gasteiger partial charge in [-0.05, 0) is 67.5 Å². The Kier molecular flexibility index (Phi) is 10.9. The monoisotopic (exact) mass is 632 g/mol. The lowest BCUT2D eigenvalue weighted by atomic mass is 9.86. The lowest BCUT2D eigenvalue weighted by Gasteiger charge is -2.48. The van der Waals surface area contributed by atoms with Gasteiger partial charge in [-0.25, -0.2) is 0 Å². The molecule has 1 saturated carbocycles. The van der Waals surface area contributed by atoms with Gasteiger partial charge in [0.25, 0.3) is 0 Å². The summed E-state index contributed by atoms with van der Waals surface area (Å²) in [6.45, 7) is 4.02. The highest BCUT2D eigenvalue weighted by Crippen LogP contribution is 2.42. The number of carbonyl (C=O) groups excluding carboxylic acids is 4. The van der Waals surface area contributed by atoms with Crippen molar-refractivity contribution in [3.63, 3.8) is 0 Å². The number of carbonyl (C=O) groups is 4. The summed E-state index contributed by atoms with van der Waals surface area (Å²) in [6, 6.07) is 12.3. The van der Waals surface area contributed by atoms with Crippen molar-refractivity contribution in [2.45, 2.75) is 96.1 Å². The van der Waals surface area contributed by atoms with Gasteiger partial charge in [0.2, 0.25) is 11.9 Å². The Morgan fingerprint density at radius 3 is 2.07 bits per heavy atom. The Labute approximate surface area is 260 Å². The molecule has 5 atom stereocenters. The van der Waals surface area contributed by atoms with Crippen LogP contribution in [0.15, 0.2) is 42.5 Å². The highest BCUT2D eigenvalue weighted by molar-refractivity contribution is 6.31. The highest BCUT2D eigenvalue weighted by Gasteiger charge is 2.60. The summed E-state index contributed by atoms with van der Waals surface area (Å²) in [5.74, 6) is -4.75. The summed E-state index contributed by atoms with van der Waals surface area (Å²) in [6.07, 6.45) is -0.928. The van der Waals surface area contributed by atoms with Crippen LogP contribution < -0.4 is 4.74 Å². The number of hydrogen-bond donors (Lipinski definition) is 1. The fourth-order valence-corrected chi connectivity index (χ4v) is 5.73. The minimum absolute atomic E-state index is 0.107. The van der Waals surface area contributed by atoms with Crippen LogP contribution in [0.1, 0.15) is 70.1 Å². The summed E-state index contributed by atoms with van der Waals surface area (Å²) < 4.78 is 33.6. The summed E-state index contributed by atoms with van der Waals surface area (Å²) in [5.41, 5.74) is 1.63. The van der Waals surface area contributed by atoms with Crippen molar-refractivity contribution >= 4 is 35.5 Å². The maximum Gasteiger partial charge on any atom is 0.303 e. The van der Waals surface area contributed by atoms with E-state index in [1.54, 1.807) is 12.1 Å². The second-order valence-corrected chi connectivity index (χ2v) is 11.4. The minimum atomic E-state index is -2.45. The van der Waals surface area contributed by atoms with Crippen LogP contribution in [0.3, 0.4) is 0 Å². The first-order valence-electron chi connectivity index (χ1n) is 14.5. The zero-order chi connectivity index (χ0) is 32.0. The van der Waals surface area contributed by atoms with Crippen LogP contribution in [0.4, 0.5) is 0 Å². The predicted molar refractivity (Wildman–Crippen MR) is 156 cm³/mol. The minimum Gasteiger partial charge on any atom is -0.490 e. The molecule has 0 radical (unpaired) electrons. The van der Waals surface area contributed by atoms with Crippen LogP contribution in [0.5, 0.6) is 5.75 Å². The fraction of sp³-hybridized carbons (Fsp3) is 0.500. The normalized spacial score (nSPS) is 25.1. The van der Waals surface area contributed by atoms with Gasteiger partial charge >= 0.3 is 23.9 Å². The van der Waals surface area contributed by atoms with Crippen molar-refractivity contribution in [3.05, 3.63) is 64.2 Å². The van der Waals surface area contributed by atoms with E-state index in [4.69, 9.17) is 40.0 Å². The molecule has 0 amide bonds. The third-order valence-corrected chi connectivity index (χ3v) is 7.80. The average molecular weight is 633 g/mol. The molecule has 1 saturated heterocycles. The molecule has 1 N–H and O–H groups in total. The molecule has 0 unspecified atom stereocenters. The van der Waals surface area contributed by atoms with E-state index in [2.05, 4.69) is 0 Å².